The van der Waals surface area contributed by atoms with Crippen LogP contribution in [0.5, 0.6) is 0 Å². The minimum Gasteiger partial charge on any atom is -0.381 e. The Labute approximate surface area is 105 Å². The maximum absolute atomic E-state index is 12.0. The van der Waals surface area contributed by atoms with E-state index in [-0.39, 0.29) is 10.7 Å². The molecule has 1 aromatic rings. The molecule has 1 atom stereocenters. The first-order valence-electron chi connectivity index (χ1n) is 5.39. The number of thioether (sulfide) groups is 1. The summed E-state index contributed by atoms with van der Waals surface area (Å²) in [6, 6.07) is 0. The zero-order chi connectivity index (χ0) is 12.5. The lowest BCUT2D eigenvalue weighted by molar-refractivity contribution is 0.579. The number of aryl methyl sites for hydroxylation is 1. The van der Waals surface area contributed by atoms with Gasteiger partial charge in [-0.1, -0.05) is 0 Å². The summed E-state index contributed by atoms with van der Waals surface area (Å²) in [6.07, 6.45) is 3.64. The van der Waals surface area contributed by atoms with E-state index in [0.29, 0.717) is 11.8 Å². The number of hydrogen-bond acceptors (Lipinski definition) is 5. The van der Waals surface area contributed by atoms with Gasteiger partial charge in [0, 0.05) is 25.0 Å². The SMILES string of the molecule is Cn1cc(S(=O)(=O)NCC2CCCS2)c(N)n1. The number of nitrogens with two attached hydrogens (primary N) is 1. The third-order valence-corrected chi connectivity index (χ3v) is 5.47. The molecule has 2 rings (SSSR count). The molecule has 0 aliphatic carbocycles. The summed E-state index contributed by atoms with van der Waals surface area (Å²) in [5.41, 5.74) is 5.55. The summed E-state index contributed by atoms with van der Waals surface area (Å²) >= 11 is 1.81. The van der Waals surface area contributed by atoms with Crippen molar-refractivity contribution in [3.05, 3.63) is 6.20 Å². The van der Waals surface area contributed by atoms with Gasteiger partial charge >= 0.3 is 0 Å². The Morgan fingerprint density at radius 3 is 3.00 bits per heavy atom. The molecule has 0 spiro atoms. The van der Waals surface area contributed by atoms with Crippen molar-refractivity contribution < 1.29 is 8.42 Å². The highest BCUT2D eigenvalue weighted by Crippen LogP contribution is 2.26. The van der Waals surface area contributed by atoms with Crippen molar-refractivity contribution in [1.82, 2.24) is 14.5 Å². The van der Waals surface area contributed by atoms with Crippen LogP contribution in [0.1, 0.15) is 12.8 Å². The van der Waals surface area contributed by atoms with Gasteiger partial charge < -0.3 is 5.73 Å². The van der Waals surface area contributed by atoms with Crippen LogP contribution < -0.4 is 10.5 Å². The number of aromatic nitrogens is 2. The second-order valence-electron chi connectivity index (χ2n) is 4.04. The molecule has 2 heterocycles. The topological polar surface area (TPSA) is 90.0 Å². The molecule has 8 heteroatoms. The van der Waals surface area contributed by atoms with E-state index in [1.54, 1.807) is 7.05 Å². The highest BCUT2D eigenvalue weighted by atomic mass is 32.2. The summed E-state index contributed by atoms with van der Waals surface area (Å²) in [6.45, 7) is 0.460. The Bertz CT molecular complexity index is 491. The molecule has 3 N–H and O–H groups in total. The number of rotatable bonds is 4. The van der Waals surface area contributed by atoms with Crippen molar-refractivity contribution in [3.63, 3.8) is 0 Å². The number of nitrogens with zero attached hydrogens (tertiary/aromatic N) is 2. The minimum atomic E-state index is -3.53. The van der Waals surface area contributed by atoms with E-state index in [2.05, 4.69) is 9.82 Å². The molecular weight excluding hydrogens is 260 g/mol. The molecule has 1 fully saturated rings. The minimum absolute atomic E-state index is 0.0408. The predicted molar refractivity (Wildman–Crippen MR) is 68.3 cm³/mol. The average Bonchev–Trinajstić information content (AvgIpc) is 2.85. The molecule has 1 unspecified atom stereocenters. The van der Waals surface area contributed by atoms with Gasteiger partial charge in [-0.15, -0.1) is 0 Å². The summed E-state index contributed by atoms with van der Waals surface area (Å²) in [4.78, 5) is 0.0583. The molecule has 1 saturated heterocycles. The Hall–Kier alpha value is -0.730. The molecule has 0 bridgehead atoms. The molecule has 1 aromatic heterocycles. The van der Waals surface area contributed by atoms with Crippen LogP contribution >= 0.6 is 11.8 Å². The first-order valence-corrected chi connectivity index (χ1v) is 7.92. The molecular formula is C9H16N4O2S2. The van der Waals surface area contributed by atoms with Gasteiger partial charge in [-0.05, 0) is 18.6 Å². The third kappa shape index (κ3) is 2.93. The first kappa shape index (κ1) is 12.7. The van der Waals surface area contributed by atoms with Crippen molar-refractivity contribution in [3.8, 4) is 0 Å². The number of anilines is 1. The van der Waals surface area contributed by atoms with Gasteiger partial charge in [-0.3, -0.25) is 4.68 Å². The van der Waals surface area contributed by atoms with Gasteiger partial charge in [0.25, 0.3) is 0 Å². The predicted octanol–water partition coefficient (Wildman–Crippen LogP) is 0.176. The van der Waals surface area contributed by atoms with Crippen molar-refractivity contribution >= 4 is 27.6 Å². The summed E-state index contributed by atoms with van der Waals surface area (Å²) in [5, 5.41) is 4.20. The van der Waals surface area contributed by atoms with Crippen molar-refractivity contribution in [1.29, 1.82) is 0 Å². The standard InChI is InChI=1S/C9H16N4O2S2/c1-13-6-8(9(10)12-13)17(14,15)11-5-7-3-2-4-16-7/h6-7,11H,2-5H2,1H3,(H2,10,12). The zero-order valence-electron chi connectivity index (χ0n) is 9.59. The van der Waals surface area contributed by atoms with E-state index in [0.717, 1.165) is 18.6 Å². The number of hydrogen-bond donors (Lipinski definition) is 2. The largest absolute Gasteiger partial charge is 0.381 e. The maximum Gasteiger partial charge on any atom is 0.245 e. The summed E-state index contributed by atoms with van der Waals surface area (Å²) < 4.78 is 27.9. The van der Waals surface area contributed by atoms with E-state index < -0.39 is 10.0 Å². The van der Waals surface area contributed by atoms with Crippen LogP contribution in [0.2, 0.25) is 0 Å². The number of sulfonamides is 1. The van der Waals surface area contributed by atoms with Gasteiger partial charge in [0.05, 0.1) is 0 Å². The van der Waals surface area contributed by atoms with Crippen LogP contribution in [0.25, 0.3) is 0 Å². The zero-order valence-corrected chi connectivity index (χ0v) is 11.2. The average molecular weight is 276 g/mol. The Morgan fingerprint density at radius 2 is 2.47 bits per heavy atom. The number of nitrogens with one attached hydrogen (secondary N) is 1. The molecule has 6 nitrogen and oxygen atoms in total. The monoisotopic (exact) mass is 276 g/mol. The molecule has 96 valence electrons. The molecule has 17 heavy (non-hydrogen) atoms. The van der Waals surface area contributed by atoms with Gasteiger partial charge in [0.15, 0.2) is 5.82 Å². The van der Waals surface area contributed by atoms with Crippen LogP contribution in [0, 0.1) is 0 Å². The molecule has 0 aromatic carbocycles. The van der Waals surface area contributed by atoms with Crippen LogP contribution in [-0.4, -0.2) is 35.7 Å². The fourth-order valence-corrected chi connectivity index (χ4v) is 4.27. The van der Waals surface area contributed by atoms with E-state index in [9.17, 15) is 8.42 Å². The first-order chi connectivity index (χ1) is 7.99. The lowest BCUT2D eigenvalue weighted by atomic mass is 10.2. The van der Waals surface area contributed by atoms with Crippen LogP contribution in [0.15, 0.2) is 11.1 Å². The fraction of sp³-hybridized carbons (Fsp3) is 0.667. The maximum atomic E-state index is 12.0. The highest BCUT2D eigenvalue weighted by molar-refractivity contribution is 8.00. The van der Waals surface area contributed by atoms with Gasteiger partial charge in [-0.25, -0.2) is 13.1 Å². The fourth-order valence-electron chi connectivity index (χ4n) is 1.78. The van der Waals surface area contributed by atoms with Crippen molar-refractivity contribution in [2.45, 2.75) is 23.0 Å². The summed E-state index contributed by atoms with van der Waals surface area (Å²) in [7, 11) is -1.89. The molecule has 0 saturated carbocycles. The second kappa shape index (κ2) is 4.87. The Balaban J connectivity index is 2.05. The second-order valence-corrected chi connectivity index (χ2v) is 7.18. The highest BCUT2D eigenvalue weighted by Gasteiger charge is 2.23. The normalized spacial score (nSPS) is 20.9. The van der Waals surface area contributed by atoms with Gasteiger partial charge in [-0.2, -0.15) is 16.9 Å². The third-order valence-electron chi connectivity index (χ3n) is 2.64. The molecule has 1 aliphatic rings. The van der Waals surface area contributed by atoms with E-state index in [1.165, 1.54) is 10.9 Å². The van der Waals surface area contributed by atoms with E-state index in [1.807, 2.05) is 11.8 Å². The molecule has 0 amide bonds. The van der Waals surface area contributed by atoms with Gasteiger partial charge in [0.2, 0.25) is 10.0 Å². The van der Waals surface area contributed by atoms with Crippen molar-refractivity contribution in [2.75, 3.05) is 18.0 Å². The van der Waals surface area contributed by atoms with E-state index >= 15 is 0 Å². The van der Waals surface area contributed by atoms with Crippen LogP contribution in [0.4, 0.5) is 5.82 Å². The Kier molecular flexibility index (Phi) is 3.64. The Morgan fingerprint density at radius 1 is 1.71 bits per heavy atom. The number of nitrogen functional groups attached to an aromatic ring is 1. The molecule has 1 aliphatic heterocycles. The van der Waals surface area contributed by atoms with Crippen LogP contribution in [-0.2, 0) is 17.1 Å². The molecule has 0 radical (unpaired) electrons. The van der Waals surface area contributed by atoms with Gasteiger partial charge in [0.1, 0.15) is 4.90 Å². The quantitative estimate of drug-likeness (QED) is 0.818. The van der Waals surface area contributed by atoms with E-state index in [4.69, 9.17) is 5.73 Å². The lowest BCUT2D eigenvalue weighted by Gasteiger charge is -2.09. The smallest absolute Gasteiger partial charge is 0.245 e. The summed E-state index contributed by atoms with van der Waals surface area (Å²) in [5.74, 6) is 1.15. The lowest BCUT2D eigenvalue weighted by Crippen LogP contribution is -2.30. The van der Waals surface area contributed by atoms with Crippen LogP contribution in [0.3, 0.4) is 0 Å². The van der Waals surface area contributed by atoms with Crippen molar-refractivity contribution in [2.24, 2.45) is 7.05 Å².